The van der Waals surface area contributed by atoms with E-state index >= 15 is 0 Å². The fourth-order valence-corrected chi connectivity index (χ4v) is 1.66. The Kier molecular flexibility index (Phi) is 4.09. The molecule has 0 bridgehead atoms. The van der Waals surface area contributed by atoms with E-state index in [1.165, 1.54) is 12.3 Å². The van der Waals surface area contributed by atoms with Gasteiger partial charge in [0.15, 0.2) is 11.6 Å². The SMILES string of the molecule is O=[N+]([O-])c1cc(F)c(OCc2ccnc(Cl)c2)cc1F. The number of hydrogen-bond donors (Lipinski definition) is 0. The van der Waals surface area contributed by atoms with Crippen LogP contribution in [0, 0.1) is 21.7 Å². The van der Waals surface area contributed by atoms with Gasteiger partial charge in [-0.15, -0.1) is 0 Å². The van der Waals surface area contributed by atoms with E-state index in [1.54, 1.807) is 6.07 Å². The number of rotatable bonds is 4. The van der Waals surface area contributed by atoms with Crippen LogP contribution in [0.15, 0.2) is 30.5 Å². The molecule has 0 unspecified atom stereocenters. The lowest BCUT2D eigenvalue weighted by Gasteiger charge is -2.07. The van der Waals surface area contributed by atoms with Crippen molar-refractivity contribution < 1.29 is 18.4 Å². The molecule has 0 atom stereocenters. The van der Waals surface area contributed by atoms with Gasteiger partial charge < -0.3 is 4.74 Å². The zero-order valence-corrected chi connectivity index (χ0v) is 10.6. The molecule has 0 saturated heterocycles. The molecule has 0 aliphatic rings. The number of pyridine rings is 1. The Balaban J connectivity index is 2.18. The van der Waals surface area contributed by atoms with E-state index in [4.69, 9.17) is 16.3 Å². The third kappa shape index (κ3) is 3.18. The molecule has 0 saturated carbocycles. The third-order valence-corrected chi connectivity index (χ3v) is 2.59. The Labute approximate surface area is 116 Å². The molecule has 0 aliphatic heterocycles. The van der Waals surface area contributed by atoms with Crippen LogP contribution in [0.3, 0.4) is 0 Å². The van der Waals surface area contributed by atoms with Crippen molar-refractivity contribution in [3.63, 3.8) is 0 Å². The maximum absolute atomic E-state index is 13.5. The van der Waals surface area contributed by atoms with Gasteiger partial charge in [0.1, 0.15) is 11.8 Å². The van der Waals surface area contributed by atoms with Gasteiger partial charge in [0.2, 0.25) is 5.82 Å². The Morgan fingerprint density at radius 2 is 2.05 bits per heavy atom. The fourth-order valence-electron chi connectivity index (χ4n) is 1.46. The van der Waals surface area contributed by atoms with Crippen molar-refractivity contribution in [3.05, 3.63) is 62.9 Å². The van der Waals surface area contributed by atoms with E-state index in [0.29, 0.717) is 17.7 Å². The van der Waals surface area contributed by atoms with Gasteiger partial charge in [0.05, 0.1) is 11.0 Å². The predicted octanol–water partition coefficient (Wildman–Crippen LogP) is 3.50. The van der Waals surface area contributed by atoms with E-state index in [2.05, 4.69) is 4.98 Å². The van der Waals surface area contributed by atoms with Crippen LogP contribution in [0.5, 0.6) is 5.75 Å². The monoisotopic (exact) mass is 300 g/mol. The molecule has 104 valence electrons. The molecule has 0 fully saturated rings. The quantitative estimate of drug-likeness (QED) is 0.492. The number of benzene rings is 1. The van der Waals surface area contributed by atoms with Crippen LogP contribution >= 0.6 is 11.6 Å². The summed E-state index contributed by atoms with van der Waals surface area (Å²) in [7, 11) is 0. The van der Waals surface area contributed by atoms with Gasteiger partial charge >= 0.3 is 5.69 Å². The van der Waals surface area contributed by atoms with Gasteiger partial charge in [-0.05, 0) is 17.7 Å². The lowest BCUT2D eigenvalue weighted by Crippen LogP contribution is -2.00. The highest BCUT2D eigenvalue weighted by Gasteiger charge is 2.19. The second-order valence-electron chi connectivity index (χ2n) is 3.77. The summed E-state index contributed by atoms with van der Waals surface area (Å²) in [4.78, 5) is 13.2. The normalized spacial score (nSPS) is 10.3. The molecular weight excluding hydrogens is 294 g/mol. The van der Waals surface area contributed by atoms with Gasteiger partial charge in [-0.25, -0.2) is 9.37 Å². The molecule has 0 spiro atoms. The minimum absolute atomic E-state index is 0.0730. The van der Waals surface area contributed by atoms with E-state index in [0.717, 1.165) is 0 Å². The highest BCUT2D eigenvalue weighted by atomic mass is 35.5. The van der Waals surface area contributed by atoms with Gasteiger partial charge in [-0.1, -0.05) is 11.6 Å². The van der Waals surface area contributed by atoms with Gasteiger partial charge in [0.25, 0.3) is 0 Å². The molecule has 20 heavy (non-hydrogen) atoms. The molecule has 0 aliphatic carbocycles. The Bertz CT molecular complexity index is 667. The standard InChI is InChI=1S/C12H7ClF2N2O3/c13-12-3-7(1-2-16-12)6-20-11-5-8(14)10(17(18)19)4-9(11)15/h1-5H,6H2. The first-order valence-electron chi connectivity index (χ1n) is 5.34. The molecular formula is C12H7ClF2N2O3. The van der Waals surface area contributed by atoms with E-state index in [1.807, 2.05) is 0 Å². The molecule has 0 N–H and O–H groups in total. The van der Waals surface area contributed by atoms with Crippen LogP contribution in [0.4, 0.5) is 14.5 Å². The van der Waals surface area contributed by atoms with Crippen LogP contribution in [0.1, 0.15) is 5.56 Å². The summed E-state index contributed by atoms with van der Waals surface area (Å²) in [6.07, 6.45) is 1.44. The average Bonchev–Trinajstić information content (AvgIpc) is 2.39. The summed E-state index contributed by atoms with van der Waals surface area (Å²) in [6, 6.07) is 4.20. The first-order valence-corrected chi connectivity index (χ1v) is 5.72. The van der Waals surface area contributed by atoms with E-state index in [9.17, 15) is 18.9 Å². The zero-order valence-electron chi connectivity index (χ0n) is 9.85. The number of halogens is 3. The summed E-state index contributed by atoms with van der Waals surface area (Å²) < 4.78 is 32.0. The highest BCUT2D eigenvalue weighted by Crippen LogP contribution is 2.27. The van der Waals surface area contributed by atoms with Crippen molar-refractivity contribution in [1.29, 1.82) is 0 Å². The summed E-state index contributed by atoms with van der Waals surface area (Å²) in [5.41, 5.74) is -0.343. The number of ether oxygens (including phenoxy) is 1. The van der Waals surface area contributed by atoms with E-state index < -0.39 is 28.0 Å². The lowest BCUT2D eigenvalue weighted by atomic mass is 10.2. The fraction of sp³-hybridized carbons (Fsp3) is 0.0833. The molecule has 2 rings (SSSR count). The van der Waals surface area contributed by atoms with Crippen LogP contribution in [0.25, 0.3) is 0 Å². The number of nitrogens with zero attached hydrogens (tertiary/aromatic N) is 2. The maximum atomic E-state index is 13.5. The summed E-state index contributed by atoms with van der Waals surface area (Å²) in [5, 5.41) is 10.7. The topological polar surface area (TPSA) is 65.3 Å². The first-order chi connectivity index (χ1) is 9.47. The highest BCUT2D eigenvalue weighted by molar-refractivity contribution is 6.29. The van der Waals surface area contributed by atoms with Crippen LogP contribution in [-0.4, -0.2) is 9.91 Å². The molecule has 1 aromatic heterocycles. The zero-order chi connectivity index (χ0) is 14.7. The smallest absolute Gasteiger partial charge is 0.307 e. The molecule has 0 amide bonds. The summed E-state index contributed by atoms with van der Waals surface area (Å²) in [6.45, 7) is -0.0730. The van der Waals surface area contributed by atoms with Crippen LogP contribution in [0.2, 0.25) is 5.15 Å². The summed E-state index contributed by atoms with van der Waals surface area (Å²) >= 11 is 5.66. The maximum Gasteiger partial charge on any atom is 0.307 e. The molecule has 1 heterocycles. The Hall–Kier alpha value is -2.28. The van der Waals surface area contributed by atoms with Gasteiger partial charge in [-0.3, -0.25) is 10.1 Å². The number of nitro benzene ring substituents is 1. The molecule has 1 aromatic carbocycles. The molecule has 8 heteroatoms. The minimum Gasteiger partial charge on any atom is -0.486 e. The van der Waals surface area contributed by atoms with Gasteiger partial charge in [-0.2, -0.15) is 4.39 Å². The van der Waals surface area contributed by atoms with Crippen molar-refractivity contribution in [2.45, 2.75) is 6.61 Å². The molecule has 0 radical (unpaired) electrons. The van der Waals surface area contributed by atoms with E-state index in [-0.39, 0.29) is 11.8 Å². The predicted molar refractivity (Wildman–Crippen MR) is 66.6 cm³/mol. The Morgan fingerprint density at radius 3 is 2.70 bits per heavy atom. The van der Waals surface area contributed by atoms with Crippen LogP contribution in [-0.2, 0) is 6.61 Å². The number of hydrogen-bond acceptors (Lipinski definition) is 4. The number of nitro groups is 1. The van der Waals surface area contributed by atoms with Crippen molar-refractivity contribution in [1.82, 2.24) is 4.98 Å². The second-order valence-corrected chi connectivity index (χ2v) is 4.15. The first kappa shape index (κ1) is 14.1. The number of aromatic nitrogens is 1. The largest absolute Gasteiger partial charge is 0.486 e. The average molecular weight is 301 g/mol. The third-order valence-electron chi connectivity index (χ3n) is 2.38. The van der Waals surface area contributed by atoms with Crippen molar-refractivity contribution in [3.8, 4) is 5.75 Å². The lowest BCUT2D eigenvalue weighted by molar-refractivity contribution is -0.387. The minimum atomic E-state index is -1.17. The van der Waals surface area contributed by atoms with Crippen LogP contribution < -0.4 is 4.74 Å². The van der Waals surface area contributed by atoms with Crippen molar-refractivity contribution in [2.24, 2.45) is 0 Å². The second kappa shape index (κ2) is 5.79. The van der Waals surface area contributed by atoms with Crippen molar-refractivity contribution in [2.75, 3.05) is 0 Å². The Morgan fingerprint density at radius 1 is 1.30 bits per heavy atom. The molecule has 5 nitrogen and oxygen atoms in total. The van der Waals surface area contributed by atoms with Gasteiger partial charge in [0, 0.05) is 12.3 Å². The molecule has 2 aromatic rings. The summed E-state index contributed by atoms with van der Waals surface area (Å²) in [5.74, 6) is -2.60. The van der Waals surface area contributed by atoms with Crippen molar-refractivity contribution >= 4 is 17.3 Å².